The van der Waals surface area contributed by atoms with Crippen molar-refractivity contribution in [3.8, 4) is 0 Å². The zero-order valence-electron chi connectivity index (χ0n) is 10.3. The molecule has 1 fully saturated rings. The molecule has 1 saturated carbocycles. The first-order valence-corrected chi connectivity index (χ1v) is 5.99. The molecule has 0 radical (unpaired) electrons. The topological polar surface area (TPSA) is 89.3 Å². The maximum atomic E-state index is 12.0. The molecule has 6 heteroatoms. The van der Waals surface area contributed by atoms with Crippen molar-refractivity contribution < 1.29 is 9.53 Å². The second-order valence-corrected chi connectivity index (χ2v) is 4.42. The molecule has 98 valence electrons. The normalized spacial score (nSPS) is 22.8. The molecule has 2 rings (SSSR count). The molecule has 0 aromatic carbocycles. The summed E-state index contributed by atoms with van der Waals surface area (Å²) < 4.78 is 5.28. The minimum Gasteiger partial charge on any atom is -0.381 e. The first-order valence-electron chi connectivity index (χ1n) is 5.99. The number of amides is 1. The van der Waals surface area contributed by atoms with E-state index in [2.05, 4.69) is 15.7 Å². The van der Waals surface area contributed by atoms with E-state index in [0.29, 0.717) is 11.4 Å². The van der Waals surface area contributed by atoms with Crippen LogP contribution in [-0.4, -0.2) is 30.1 Å². The zero-order chi connectivity index (χ0) is 13.0. The van der Waals surface area contributed by atoms with Gasteiger partial charge in [0.2, 0.25) is 0 Å². The van der Waals surface area contributed by atoms with Gasteiger partial charge in [-0.25, -0.2) is 10.8 Å². The number of pyridine rings is 1. The first-order chi connectivity index (χ1) is 8.72. The summed E-state index contributed by atoms with van der Waals surface area (Å²) in [6, 6.07) is 3.47. The molecule has 2 unspecified atom stereocenters. The number of nitrogens with two attached hydrogens (primary N) is 1. The lowest BCUT2D eigenvalue weighted by Crippen LogP contribution is -2.33. The van der Waals surface area contributed by atoms with Crippen molar-refractivity contribution in [3.05, 3.63) is 23.9 Å². The second-order valence-electron chi connectivity index (χ2n) is 4.42. The third-order valence-electron chi connectivity index (χ3n) is 3.22. The smallest absolute Gasteiger partial charge is 0.251 e. The van der Waals surface area contributed by atoms with Gasteiger partial charge in [-0.05, 0) is 31.4 Å². The molecule has 0 spiro atoms. The minimum atomic E-state index is -0.101. The predicted molar refractivity (Wildman–Crippen MR) is 67.9 cm³/mol. The molecule has 4 N–H and O–H groups in total. The number of nitrogen functional groups attached to an aromatic ring is 1. The number of hydrogen-bond acceptors (Lipinski definition) is 5. The molecular weight excluding hydrogens is 232 g/mol. The van der Waals surface area contributed by atoms with Crippen molar-refractivity contribution >= 4 is 11.7 Å². The van der Waals surface area contributed by atoms with Crippen LogP contribution in [0, 0.1) is 0 Å². The zero-order valence-corrected chi connectivity index (χ0v) is 10.3. The molecular formula is C12H18N4O2. The molecule has 2 atom stereocenters. The van der Waals surface area contributed by atoms with E-state index in [1.807, 2.05) is 0 Å². The van der Waals surface area contributed by atoms with E-state index in [1.54, 1.807) is 25.4 Å². The van der Waals surface area contributed by atoms with E-state index in [9.17, 15) is 4.79 Å². The summed E-state index contributed by atoms with van der Waals surface area (Å²) in [6.07, 6.45) is 4.63. The minimum absolute atomic E-state index is 0.101. The van der Waals surface area contributed by atoms with Crippen molar-refractivity contribution in [1.29, 1.82) is 0 Å². The standard InChI is InChI=1S/C12H18N4O2/c1-18-10-3-2-9(7-10)15-12(17)8-4-5-14-11(6-8)16-13/h4-6,9-10H,2-3,7,13H2,1H3,(H,14,16)(H,15,17). The van der Waals surface area contributed by atoms with Gasteiger partial charge in [-0.2, -0.15) is 0 Å². The Morgan fingerprint density at radius 3 is 3.06 bits per heavy atom. The van der Waals surface area contributed by atoms with Crippen LogP contribution in [0.15, 0.2) is 18.3 Å². The van der Waals surface area contributed by atoms with Gasteiger partial charge in [0.1, 0.15) is 5.82 Å². The molecule has 1 amide bonds. The number of aromatic nitrogens is 1. The molecule has 1 aromatic heterocycles. The molecule has 1 aliphatic carbocycles. The molecule has 18 heavy (non-hydrogen) atoms. The molecule has 6 nitrogen and oxygen atoms in total. The number of hydrogen-bond donors (Lipinski definition) is 3. The number of hydrazine groups is 1. The highest BCUT2D eigenvalue weighted by Crippen LogP contribution is 2.21. The van der Waals surface area contributed by atoms with E-state index < -0.39 is 0 Å². The van der Waals surface area contributed by atoms with Crippen molar-refractivity contribution in [2.24, 2.45) is 5.84 Å². The summed E-state index contributed by atoms with van der Waals surface area (Å²) in [4.78, 5) is 16.0. The van der Waals surface area contributed by atoms with Crippen molar-refractivity contribution in [3.63, 3.8) is 0 Å². The van der Waals surface area contributed by atoms with E-state index in [0.717, 1.165) is 19.3 Å². The lowest BCUT2D eigenvalue weighted by molar-refractivity contribution is 0.0915. The molecule has 1 aromatic rings. The summed E-state index contributed by atoms with van der Waals surface area (Å²) in [5.41, 5.74) is 2.98. The number of methoxy groups -OCH3 is 1. The van der Waals surface area contributed by atoms with Crippen LogP contribution in [0.1, 0.15) is 29.6 Å². The summed E-state index contributed by atoms with van der Waals surface area (Å²) in [6.45, 7) is 0. The lowest BCUT2D eigenvalue weighted by Gasteiger charge is -2.13. The number of nitrogens with one attached hydrogen (secondary N) is 2. The van der Waals surface area contributed by atoms with Crippen molar-refractivity contribution in [2.45, 2.75) is 31.4 Å². The Morgan fingerprint density at radius 1 is 1.56 bits per heavy atom. The highest BCUT2D eigenvalue weighted by atomic mass is 16.5. The molecule has 0 saturated heterocycles. The highest BCUT2D eigenvalue weighted by Gasteiger charge is 2.25. The fourth-order valence-electron chi connectivity index (χ4n) is 2.20. The van der Waals surface area contributed by atoms with Gasteiger partial charge in [-0.1, -0.05) is 0 Å². The SMILES string of the molecule is COC1CCC(NC(=O)c2ccnc(NN)c2)C1. The Labute approximate surface area is 106 Å². The third-order valence-corrected chi connectivity index (χ3v) is 3.22. The van der Waals surface area contributed by atoms with Crippen LogP contribution in [0.5, 0.6) is 0 Å². The summed E-state index contributed by atoms with van der Waals surface area (Å²) >= 11 is 0. The number of carbonyl (C=O) groups is 1. The number of rotatable bonds is 4. The van der Waals surface area contributed by atoms with E-state index in [4.69, 9.17) is 10.6 Å². The Kier molecular flexibility index (Phi) is 4.11. The Bertz CT molecular complexity index is 424. The van der Waals surface area contributed by atoms with Crippen LogP contribution in [0.2, 0.25) is 0 Å². The number of ether oxygens (including phenoxy) is 1. The van der Waals surface area contributed by atoms with Crippen LogP contribution in [-0.2, 0) is 4.74 Å². The van der Waals surface area contributed by atoms with Crippen LogP contribution >= 0.6 is 0 Å². The van der Waals surface area contributed by atoms with Gasteiger partial charge in [-0.15, -0.1) is 0 Å². The Hall–Kier alpha value is -1.66. The average Bonchev–Trinajstić information content (AvgIpc) is 2.86. The van der Waals surface area contributed by atoms with Gasteiger partial charge in [-0.3, -0.25) is 4.79 Å². The molecule has 1 heterocycles. The van der Waals surface area contributed by atoms with Gasteiger partial charge in [0.25, 0.3) is 5.91 Å². The number of anilines is 1. The van der Waals surface area contributed by atoms with Crippen LogP contribution < -0.4 is 16.6 Å². The summed E-state index contributed by atoms with van der Waals surface area (Å²) in [5.74, 6) is 5.63. The lowest BCUT2D eigenvalue weighted by atomic mass is 10.2. The predicted octanol–water partition coefficient (Wildman–Crippen LogP) is 0.665. The van der Waals surface area contributed by atoms with E-state index >= 15 is 0 Å². The van der Waals surface area contributed by atoms with Gasteiger partial charge in [0, 0.05) is 24.9 Å². The van der Waals surface area contributed by atoms with Crippen LogP contribution in [0.3, 0.4) is 0 Å². The maximum absolute atomic E-state index is 12.0. The number of nitrogens with zero attached hydrogens (tertiary/aromatic N) is 1. The largest absolute Gasteiger partial charge is 0.381 e. The average molecular weight is 250 g/mol. The van der Waals surface area contributed by atoms with Gasteiger partial charge in [0.15, 0.2) is 0 Å². The van der Waals surface area contributed by atoms with Crippen molar-refractivity contribution in [2.75, 3.05) is 12.5 Å². The third kappa shape index (κ3) is 2.96. The van der Waals surface area contributed by atoms with Gasteiger partial charge >= 0.3 is 0 Å². The molecule has 0 bridgehead atoms. The fourth-order valence-corrected chi connectivity index (χ4v) is 2.20. The van der Waals surface area contributed by atoms with E-state index in [1.165, 1.54) is 0 Å². The summed E-state index contributed by atoms with van der Waals surface area (Å²) in [7, 11) is 1.71. The first kappa shape index (κ1) is 12.8. The highest BCUT2D eigenvalue weighted by molar-refractivity contribution is 5.94. The Balaban J connectivity index is 1.95. The molecule has 1 aliphatic rings. The maximum Gasteiger partial charge on any atom is 0.251 e. The summed E-state index contributed by atoms with van der Waals surface area (Å²) in [5, 5.41) is 3.00. The van der Waals surface area contributed by atoms with Crippen molar-refractivity contribution in [1.82, 2.24) is 10.3 Å². The van der Waals surface area contributed by atoms with Gasteiger partial charge in [0.05, 0.1) is 6.10 Å². The number of carbonyl (C=O) groups excluding carboxylic acids is 1. The fraction of sp³-hybridized carbons (Fsp3) is 0.500. The van der Waals surface area contributed by atoms with E-state index in [-0.39, 0.29) is 18.1 Å². The van der Waals surface area contributed by atoms with Gasteiger partial charge < -0.3 is 15.5 Å². The van der Waals surface area contributed by atoms with Crippen LogP contribution in [0.25, 0.3) is 0 Å². The van der Waals surface area contributed by atoms with Crippen LogP contribution in [0.4, 0.5) is 5.82 Å². The monoisotopic (exact) mass is 250 g/mol. The second kappa shape index (κ2) is 5.79. The quantitative estimate of drug-likeness (QED) is 0.539. The Morgan fingerprint density at radius 2 is 2.39 bits per heavy atom. The molecule has 0 aliphatic heterocycles.